The summed E-state index contributed by atoms with van der Waals surface area (Å²) in [6.07, 6.45) is 0. The molecule has 0 aromatic heterocycles. The van der Waals surface area contributed by atoms with E-state index < -0.39 is 11.9 Å². The van der Waals surface area contributed by atoms with Gasteiger partial charge in [0.15, 0.2) is 0 Å². The minimum Gasteiger partial charge on any atom is -0.422 e. The van der Waals surface area contributed by atoms with E-state index in [-0.39, 0.29) is 0 Å². The van der Waals surface area contributed by atoms with Crippen LogP contribution < -0.4 is 19.9 Å². The summed E-state index contributed by atoms with van der Waals surface area (Å²) in [4.78, 5) is 24.9. The molecule has 0 aliphatic carbocycles. The zero-order chi connectivity index (χ0) is 19.4. The molecule has 0 fully saturated rings. The summed E-state index contributed by atoms with van der Waals surface area (Å²) in [5.41, 5.74) is 2.03. The topological polar surface area (TPSA) is 52.6 Å². The maximum atomic E-state index is 12.5. The first-order valence-electron chi connectivity index (χ1n) is 9.02. The Labute approximate surface area is 151 Å². The molecule has 2 aliphatic heterocycles. The lowest BCUT2D eigenvalue weighted by Gasteiger charge is -1.99. The number of benzene rings is 3. The second kappa shape index (κ2) is 5.43. The van der Waals surface area contributed by atoms with Crippen LogP contribution in [0.4, 0.5) is 0 Å². The van der Waals surface area contributed by atoms with Crippen LogP contribution in [0.2, 0.25) is 0 Å². The van der Waals surface area contributed by atoms with Crippen LogP contribution in [0, 0.1) is 0 Å². The number of rotatable bonds is 2. The normalized spacial score (nSPS) is 15.8. The van der Waals surface area contributed by atoms with E-state index >= 15 is 0 Å². The van der Waals surface area contributed by atoms with Gasteiger partial charge in [0.05, 0.1) is 13.9 Å². The van der Waals surface area contributed by atoms with Crippen molar-refractivity contribution < 1.29 is 21.8 Å². The molecule has 3 aromatic rings. The van der Waals surface area contributed by atoms with E-state index in [0.717, 1.165) is 0 Å². The molecule has 0 spiro atoms. The zero-order valence-electron chi connectivity index (χ0n) is 15.4. The standard InChI is InChI=1S/C22H12O4/c23-21-19(13-7-3-1-4-8-13)15-11-18-16(12-17(15)25-21)20(22(24)26-18)14-9-5-2-6-10-14/h1-12H/i1D,2D. The predicted octanol–water partition coefficient (Wildman–Crippen LogP) is 1.92. The summed E-state index contributed by atoms with van der Waals surface area (Å²) in [6, 6.07) is 17.1. The zero-order valence-corrected chi connectivity index (χ0v) is 13.4. The molecule has 5 rings (SSSR count). The molecule has 0 radical (unpaired) electrons. The molecule has 0 unspecified atom stereocenters. The van der Waals surface area contributed by atoms with E-state index in [1.54, 1.807) is 60.7 Å². The summed E-state index contributed by atoms with van der Waals surface area (Å²) in [5, 5.41) is 1.11. The fraction of sp³-hybridized carbons (Fsp3) is 0. The minimum atomic E-state index is -0.483. The van der Waals surface area contributed by atoms with Crippen LogP contribution in [0.5, 0.6) is 11.5 Å². The number of hydrogen-bond acceptors (Lipinski definition) is 4. The Morgan fingerprint density at radius 3 is 1.42 bits per heavy atom. The summed E-state index contributed by atoms with van der Waals surface area (Å²) in [5.74, 6) is -0.242. The van der Waals surface area contributed by atoms with Gasteiger partial charge in [0, 0.05) is 10.4 Å². The van der Waals surface area contributed by atoms with Crippen molar-refractivity contribution in [1.82, 2.24) is 0 Å². The molecule has 0 atom stereocenters. The summed E-state index contributed by atoms with van der Waals surface area (Å²) in [7, 11) is 0. The highest BCUT2D eigenvalue weighted by atomic mass is 16.5. The quantitative estimate of drug-likeness (QED) is 0.527. The molecular weight excluding hydrogens is 328 g/mol. The molecule has 0 N–H and O–H groups in total. The first kappa shape index (κ1) is 12.7. The van der Waals surface area contributed by atoms with Crippen molar-refractivity contribution in [2.24, 2.45) is 0 Å². The molecule has 2 heterocycles. The van der Waals surface area contributed by atoms with Crippen LogP contribution in [0.3, 0.4) is 0 Å². The molecule has 4 heteroatoms. The van der Waals surface area contributed by atoms with Crippen LogP contribution >= 0.6 is 0 Å². The second-order valence-electron chi connectivity index (χ2n) is 5.95. The average molecular weight is 342 g/mol. The number of carbonyl (C=O) groups excluding carboxylic acids is 2. The molecule has 0 bridgehead atoms. The third kappa shape index (κ3) is 2.09. The second-order valence-corrected chi connectivity index (χ2v) is 5.95. The monoisotopic (exact) mass is 342 g/mol. The van der Waals surface area contributed by atoms with Gasteiger partial charge in [-0.15, -0.1) is 0 Å². The Balaban J connectivity index is 1.76. The molecule has 4 nitrogen and oxygen atoms in total. The molecular formula is C22H12O4. The van der Waals surface area contributed by atoms with Crippen LogP contribution in [-0.4, -0.2) is 11.9 Å². The van der Waals surface area contributed by atoms with Crippen molar-refractivity contribution in [1.29, 1.82) is 0 Å². The number of esters is 2. The predicted molar refractivity (Wildman–Crippen MR) is 94.9 cm³/mol. The first-order valence-corrected chi connectivity index (χ1v) is 8.02. The van der Waals surface area contributed by atoms with Crippen LogP contribution in [0.1, 0.15) is 13.9 Å². The Hall–Kier alpha value is -3.66. The third-order valence-electron chi connectivity index (χ3n) is 4.45. The number of fused-ring (bicyclic) bond motifs is 2. The van der Waals surface area contributed by atoms with Crippen molar-refractivity contribution in [3.05, 3.63) is 94.3 Å². The third-order valence-corrected chi connectivity index (χ3v) is 4.45. The van der Waals surface area contributed by atoms with E-state index in [1.165, 1.54) is 0 Å². The van der Waals surface area contributed by atoms with Crippen LogP contribution in [0.25, 0.3) is 11.1 Å². The van der Waals surface area contributed by atoms with Gasteiger partial charge in [0.1, 0.15) is 11.5 Å². The Morgan fingerprint density at radius 1 is 0.654 bits per heavy atom. The Morgan fingerprint density at radius 2 is 1.04 bits per heavy atom. The van der Waals surface area contributed by atoms with Gasteiger partial charge < -0.3 is 9.47 Å². The largest absolute Gasteiger partial charge is 0.422 e. The molecule has 124 valence electrons. The lowest BCUT2D eigenvalue weighted by atomic mass is 10.0. The van der Waals surface area contributed by atoms with Crippen LogP contribution in [-0.2, 0) is 9.59 Å². The fourth-order valence-electron chi connectivity index (χ4n) is 3.30. The van der Waals surface area contributed by atoms with E-state index in [2.05, 4.69) is 0 Å². The Bertz CT molecular complexity index is 1190. The van der Waals surface area contributed by atoms with Gasteiger partial charge in [-0.1, -0.05) is 60.6 Å². The SMILES string of the molecule is [2H]c1ccc(C2=c3cc4c(cc3OC2=O)=C(c2ccc([2H])cc2)C(=O)O4)cc1. The van der Waals surface area contributed by atoms with Gasteiger partial charge >= 0.3 is 11.9 Å². The van der Waals surface area contributed by atoms with E-state index in [1.807, 2.05) is 0 Å². The van der Waals surface area contributed by atoms with Gasteiger partial charge in [-0.05, 0) is 23.3 Å². The first-order chi connectivity index (χ1) is 13.5. The van der Waals surface area contributed by atoms with Crippen molar-refractivity contribution in [2.75, 3.05) is 0 Å². The highest BCUT2D eigenvalue weighted by molar-refractivity contribution is 6.21. The number of ether oxygens (including phenoxy) is 2. The molecule has 26 heavy (non-hydrogen) atoms. The van der Waals surface area contributed by atoms with Gasteiger partial charge in [0.2, 0.25) is 0 Å². The minimum absolute atomic E-state index is 0.344. The molecule has 0 saturated heterocycles. The fourth-order valence-corrected chi connectivity index (χ4v) is 3.30. The summed E-state index contributed by atoms with van der Waals surface area (Å²) in [6.45, 7) is 0. The molecule has 2 aliphatic rings. The van der Waals surface area contributed by atoms with Gasteiger partial charge in [0.25, 0.3) is 0 Å². The van der Waals surface area contributed by atoms with Gasteiger partial charge in [-0.2, -0.15) is 0 Å². The van der Waals surface area contributed by atoms with Gasteiger partial charge in [-0.25, -0.2) is 9.59 Å². The van der Waals surface area contributed by atoms with Gasteiger partial charge in [-0.3, -0.25) is 0 Å². The van der Waals surface area contributed by atoms with E-state index in [9.17, 15) is 9.59 Å². The van der Waals surface area contributed by atoms with Crippen molar-refractivity contribution in [3.8, 4) is 11.5 Å². The van der Waals surface area contributed by atoms with Crippen LogP contribution in [0.15, 0.2) is 72.7 Å². The maximum Gasteiger partial charge on any atom is 0.344 e. The van der Waals surface area contributed by atoms with E-state index in [4.69, 9.17) is 12.2 Å². The van der Waals surface area contributed by atoms with Crippen molar-refractivity contribution in [3.63, 3.8) is 0 Å². The van der Waals surface area contributed by atoms with Crippen molar-refractivity contribution in [2.45, 2.75) is 0 Å². The highest BCUT2D eigenvalue weighted by Crippen LogP contribution is 2.26. The smallest absolute Gasteiger partial charge is 0.344 e. The molecule has 0 saturated carbocycles. The number of hydrogen-bond donors (Lipinski definition) is 0. The highest BCUT2D eigenvalue weighted by Gasteiger charge is 2.30. The lowest BCUT2D eigenvalue weighted by Crippen LogP contribution is -2.11. The lowest BCUT2D eigenvalue weighted by molar-refractivity contribution is -0.128. The molecule has 3 aromatic carbocycles. The summed E-state index contributed by atoms with van der Waals surface area (Å²) >= 11 is 0. The average Bonchev–Trinajstić information content (AvgIpc) is 3.16. The summed E-state index contributed by atoms with van der Waals surface area (Å²) < 4.78 is 26.1. The van der Waals surface area contributed by atoms with Crippen molar-refractivity contribution >= 4 is 23.1 Å². The maximum absolute atomic E-state index is 12.5. The molecule has 0 amide bonds. The Kier molecular flexibility index (Phi) is 2.64. The van der Waals surface area contributed by atoms with E-state index in [0.29, 0.717) is 56.3 Å². The number of carbonyl (C=O) groups is 2.